The molecule has 1 unspecified atom stereocenters. The third kappa shape index (κ3) is 3.43. The lowest BCUT2D eigenvalue weighted by molar-refractivity contribution is 0.0418. The first-order chi connectivity index (χ1) is 9.63. The molecule has 110 valence electrons. The molecule has 1 aromatic heterocycles. The first-order valence-electron chi connectivity index (χ1n) is 6.59. The fourth-order valence-electron chi connectivity index (χ4n) is 2.18. The number of carbonyl (C=O) groups is 1. The maximum Gasteiger partial charge on any atom is 0.376 e. The molecule has 7 nitrogen and oxygen atoms in total. The van der Waals surface area contributed by atoms with Crippen LogP contribution in [0.4, 0.5) is 5.82 Å². The number of hydrogen-bond acceptors (Lipinski definition) is 7. The Morgan fingerprint density at radius 1 is 1.60 bits per heavy atom. The molecule has 1 aromatic rings. The van der Waals surface area contributed by atoms with Crippen LogP contribution in [0.2, 0.25) is 0 Å². The molecule has 1 atom stereocenters. The summed E-state index contributed by atoms with van der Waals surface area (Å²) < 4.78 is 10.3. The zero-order valence-corrected chi connectivity index (χ0v) is 12.0. The summed E-state index contributed by atoms with van der Waals surface area (Å²) in [6.45, 7) is 4.74. The number of nitrogens with zero attached hydrogens (tertiary/aromatic N) is 3. The van der Waals surface area contributed by atoms with Gasteiger partial charge in [0.2, 0.25) is 5.82 Å². The average Bonchev–Trinajstić information content (AvgIpc) is 2.46. The van der Waals surface area contributed by atoms with Crippen molar-refractivity contribution in [3.63, 3.8) is 0 Å². The summed E-state index contributed by atoms with van der Waals surface area (Å²) in [7, 11) is 3.22. The summed E-state index contributed by atoms with van der Waals surface area (Å²) >= 11 is 0. The Labute approximate surface area is 118 Å². The van der Waals surface area contributed by atoms with Crippen molar-refractivity contribution in [3.05, 3.63) is 17.6 Å². The molecule has 0 aromatic carbocycles. The van der Waals surface area contributed by atoms with Crippen molar-refractivity contribution in [1.29, 1.82) is 0 Å². The second-order valence-electron chi connectivity index (χ2n) is 4.68. The molecule has 2 rings (SSSR count). The molecule has 1 saturated heterocycles. The number of anilines is 1. The fraction of sp³-hybridized carbons (Fsp3) is 0.615. The molecule has 0 bridgehead atoms. The Hall–Kier alpha value is -1.73. The van der Waals surface area contributed by atoms with Crippen LogP contribution < -0.4 is 10.2 Å². The Balaban J connectivity index is 2.19. The summed E-state index contributed by atoms with van der Waals surface area (Å²) in [4.78, 5) is 22.1. The van der Waals surface area contributed by atoms with Gasteiger partial charge in [-0.2, -0.15) is 0 Å². The summed E-state index contributed by atoms with van der Waals surface area (Å²) in [5.41, 5.74) is 0.743. The van der Waals surface area contributed by atoms with Gasteiger partial charge >= 0.3 is 5.97 Å². The Bertz CT molecular complexity index is 479. The van der Waals surface area contributed by atoms with Crippen molar-refractivity contribution in [2.75, 3.05) is 45.3 Å². The number of rotatable bonds is 4. The number of methoxy groups -OCH3 is 1. The molecule has 0 aliphatic carbocycles. The number of morpholine rings is 1. The predicted molar refractivity (Wildman–Crippen MR) is 74.0 cm³/mol. The topological polar surface area (TPSA) is 76.6 Å². The summed E-state index contributed by atoms with van der Waals surface area (Å²) in [5, 5.41) is 3.10. The Kier molecular flexibility index (Phi) is 4.86. The van der Waals surface area contributed by atoms with Crippen LogP contribution in [0.3, 0.4) is 0 Å². The van der Waals surface area contributed by atoms with E-state index in [-0.39, 0.29) is 11.9 Å². The summed E-state index contributed by atoms with van der Waals surface area (Å²) in [5.74, 6) is 0.316. The summed E-state index contributed by atoms with van der Waals surface area (Å²) in [6.07, 6.45) is 0.116. The average molecular weight is 280 g/mol. The lowest BCUT2D eigenvalue weighted by Crippen LogP contribution is -2.46. The van der Waals surface area contributed by atoms with E-state index in [1.165, 1.54) is 7.11 Å². The number of hydrogen-bond donors (Lipinski definition) is 1. The molecule has 0 saturated carbocycles. The van der Waals surface area contributed by atoms with Gasteiger partial charge in [0.15, 0.2) is 0 Å². The van der Waals surface area contributed by atoms with Gasteiger partial charge in [-0.3, -0.25) is 0 Å². The smallest absolute Gasteiger partial charge is 0.376 e. The summed E-state index contributed by atoms with van der Waals surface area (Å²) in [6, 6.07) is 1.87. The van der Waals surface area contributed by atoms with Crippen LogP contribution in [0.15, 0.2) is 6.07 Å². The van der Waals surface area contributed by atoms with Crippen LogP contribution in [0.1, 0.15) is 16.3 Å². The van der Waals surface area contributed by atoms with Crippen molar-refractivity contribution in [1.82, 2.24) is 15.3 Å². The molecule has 1 N–H and O–H groups in total. The highest BCUT2D eigenvalue weighted by atomic mass is 16.5. The molecular weight excluding hydrogens is 260 g/mol. The molecule has 1 aliphatic rings. The largest absolute Gasteiger partial charge is 0.463 e. The second kappa shape index (κ2) is 6.62. The lowest BCUT2D eigenvalue weighted by Gasteiger charge is -2.33. The van der Waals surface area contributed by atoms with E-state index in [1.807, 2.05) is 20.0 Å². The molecule has 1 fully saturated rings. The first-order valence-corrected chi connectivity index (χ1v) is 6.59. The lowest BCUT2D eigenvalue weighted by atomic mass is 10.2. The van der Waals surface area contributed by atoms with E-state index in [0.717, 1.165) is 31.1 Å². The van der Waals surface area contributed by atoms with Crippen LogP contribution in [-0.2, 0) is 9.47 Å². The van der Waals surface area contributed by atoms with E-state index in [4.69, 9.17) is 4.74 Å². The van der Waals surface area contributed by atoms with Gasteiger partial charge in [-0.05, 0) is 14.0 Å². The van der Waals surface area contributed by atoms with Crippen molar-refractivity contribution in [2.45, 2.75) is 13.0 Å². The van der Waals surface area contributed by atoms with Gasteiger partial charge in [0.05, 0.1) is 19.8 Å². The maximum absolute atomic E-state index is 11.6. The fourth-order valence-corrected chi connectivity index (χ4v) is 2.18. The predicted octanol–water partition coefficient (Wildman–Crippen LogP) is -0.00378. The van der Waals surface area contributed by atoms with Gasteiger partial charge in [0.1, 0.15) is 5.82 Å². The maximum atomic E-state index is 11.6. The number of carbonyl (C=O) groups excluding carboxylic acids is 1. The van der Waals surface area contributed by atoms with Gasteiger partial charge in [0, 0.05) is 31.4 Å². The highest BCUT2D eigenvalue weighted by molar-refractivity contribution is 5.85. The quantitative estimate of drug-likeness (QED) is 0.778. The molecule has 20 heavy (non-hydrogen) atoms. The minimum Gasteiger partial charge on any atom is -0.463 e. The Morgan fingerprint density at radius 2 is 2.40 bits per heavy atom. The zero-order valence-electron chi connectivity index (χ0n) is 12.0. The number of ether oxygens (including phenoxy) is 2. The third-order valence-electron chi connectivity index (χ3n) is 3.10. The number of likely N-dealkylation sites (N-methyl/N-ethyl adjacent to an activating group) is 1. The van der Waals surface area contributed by atoms with E-state index in [2.05, 4.69) is 24.9 Å². The monoisotopic (exact) mass is 280 g/mol. The zero-order chi connectivity index (χ0) is 14.5. The van der Waals surface area contributed by atoms with Crippen LogP contribution in [0.25, 0.3) is 0 Å². The van der Waals surface area contributed by atoms with Crippen LogP contribution in [0, 0.1) is 6.92 Å². The number of esters is 1. The van der Waals surface area contributed by atoms with E-state index in [1.54, 1.807) is 0 Å². The third-order valence-corrected chi connectivity index (χ3v) is 3.10. The first kappa shape index (κ1) is 14.7. The van der Waals surface area contributed by atoms with Crippen molar-refractivity contribution < 1.29 is 14.3 Å². The van der Waals surface area contributed by atoms with Crippen molar-refractivity contribution in [3.8, 4) is 0 Å². The molecular formula is C13H20N4O3. The molecule has 0 radical (unpaired) electrons. The molecule has 0 amide bonds. The number of aromatic nitrogens is 2. The van der Waals surface area contributed by atoms with E-state index >= 15 is 0 Å². The number of nitrogens with one attached hydrogen (secondary N) is 1. The minimum absolute atomic E-state index is 0.0964. The van der Waals surface area contributed by atoms with Crippen molar-refractivity contribution in [2.24, 2.45) is 0 Å². The van der Waals surface area contributed by atoms with Gasteiger partial charge in [-0.25, -0.2) is 14.8 Å². The van der Waals surface area contributed by atoms with Gasteiger partial charge in [-0.15, -0.1) is 0 Å². The normalized spacial score (nSPS) is 18.9. The van der Waals surface area contributed by atoms with Gasteiger partial charge in [-0.1, -0.05) is 0 Å². The van der Waals surface area contributed by atoms with E-state index < -0.39 is 5.97 Å². The highest BCUT2D eigenvalue weighted by Gasteiger charge is 2.22. The number of aryl methyl sites for hydroxylation is 1. The molecule has 2 heterocycles. The van der Waals surface area contributed by atoms with Crippen LogP contribution in [-0.4, -0.2) is 62.4 Å². The standard InChI is InChI=1S/C13H20N4O3/c1-9-6-11(16-12(15-9)13(18)19-3)17-4-5-20-10(8-17)7-14-2/h6,10,14H,4-5,7-8H2,1-3H3. The highest BCUT2D eigenvalue weighted by Crippen LogP contribution is 2.16. The Morgan fingerprint density at radius 3 is 3.10 bits per heavy atom. The van der Waals surface area contributed by atoms with E-state index in [9.17, 15) is 4.79 Å². The second-order valence-corrected chi connectivity index (χ2v) is 4.68. The SMILES string of the molecule is CNCC1CN(c2cc(C)nc(C(=O)OC)n2)CCO1. The molecule has 1 aliphatic heterocycles. The van der Waals surface area contributed by atoms with Crippen LogP contribution >= 0.6 is 0 Å². The van der Waals surface area contributed by atoms with Gasteiger partial charge in [0.25, 0.3) is 0 Å². The molecule has 7 heteroatoms. The van der Waals surface area contributed by atoms with E-state index in [0.29, 0.717) is 6.61 Å². The van der Waals surface area contributed by atoms with Crippen LogP contribution in [0.5, 0.6) is 0 Å². The minimum atomic E-state index is -0.519. The molecule has 0 spiro atoms. The van der Waals surface area contributed by atoms with Gasteiger partial charge < -0.3 is 19.7 Å². The van der Waals surface area contributed by atoms with Crippen molar-refractivity contribution >= 4 is 11.8 Å².